The molecular weight excluding hydrogens is 476 g/mol. The lowest BCUT2D eigenvalue weighted by molar-refractivity contribution is -0.112. The van der Waals surface area contributed by atoms with Crippen LogP contribution in [0.2, 0.25) is 5.02 Å². The number of nitrogens with zero attached hydrogens (tertiary/aromatic N) is 1. The molecule has 156 valence electrons. The predicted octanol–water partition coefficient (Wildman–Crippen LogP) is 6.84. The van der Waals surface area contributed by atoms with Gasteiger partial charge in [-0.25, -0.2) is 0 Å². The van der Waals surface area contributed by atoms with Crippen molar-refractivity contribution >= 4 is 45.2 Å². The Labute approximate surface area is 195 Å². The molecule has 0 heterocycles. The minimum absolute atomic E-state index is 0.0297. The van der Waals surface area contributed by atoms with Crippen molar-refractivity contribution in [1.29, 1.82) is 5.26 Å². The molecule has 0 saturated heterocycles. The van der Waals surface area contributed by atoms with Gasteiger partial charge in [-0.05, 0) is 76.8 Å². The summed E-state index contributed by atoms with van der Waals surface area (Å²) in [5.41, 5.74) is 4.40. The minimum atomic E-state index is -0.486. The first-order chi connectivity index (χ1) is 14.9. The van der Waals surface area contributed by atoms with E-state index < -0.39 is 5.91 Å². The van der Waals surface area contributed by atoms with Crippen LogP contribution in [0.4, 0.5) is 5.69 Å². The second-order valence-electron chi connectivity index (χ2n) is 7.08. The van der Waals surface area contributed by atoms with E-state index in [0.29, 0.717) is 33.1 Å². The number of anilines is 1. The summed E-state index contributed by atoms with van der Waals surface area (Å²) in [5.74, 6) is 0.0168. The van der Waals surface area contributed by atoms with Gasteiger partial charge in [0.25, 0.3) is 5.91 Å². The Balaban J connectivity index is 1.77. The Hall–Kier alpha value is -3.07. The van der Waals surface area contributed by atoms with Gasteiger partial charge in [0, 0.05) is 5.69 Å². The fraction of sp³-hybridized carbons (Fsp3) is 0.120. The molecule has 0 atom stereocenters. The molecule has 0 aliphatic heterocycles. The van der Waals surface area contributed by atoms with Gasteiger partial charge < -0.3 is 10.1 Å². The van der Waals surface area contributed by atoms with E-state index in [4.69, 9.17) is 16.3 Å². The fourth-order valence-corrected chi connectivity index (χ4v) is 3.98. The van der Waals surface area contributed by atoms with Crippen LogP contribution in [0.25, 0.3) is 6.08 Å². The second-order valence-corrected chi connectivity index (χ2v) is 8.35. The number of halogens is 2. The van der Waals surface area contributed by atoms with Crippen molar-refractivity contribution in [1.82, 2.24) is 0 Å². The molecule has 0 spiro atoms. The summed E-state index contributed by atoms with van der Waals surface area (Å²) in [5, 5.41) is 12.6. The number of aryl methyl sites for hydroxylation is 2. The lowest BCUT2D eigenvalue weighted by Gasteiger charge is -2.12. The first-order valence-electron chi connectivity index (χ1n) is 9.53. The number of hydrogen-bond donors (Lipinski definition) is 1. The predicted molar refractivity (Wildman–Crippen MR) is 128 cm³/mol. The van der Waals surface area contributed by atoms with E-state index in [-0.39, 0.29) is 5.57 Å². The van der Waals surface area contributed by atoms with Gasteiger partial charge in [0.2, 0.25) is 0 Å². The van der Waals surface area contributed by atoms with Crippen LogP contribution in [0.15, 0.2) is 70.7 Å². The Kier molecular flexibility index (Phi) is 7.51. The summed E-state index contributed by atoms with van der Waals surface area (Å²) in [6.45, 7) is 4.33. The molecule has 3 rings (SSSR count). The maximum absolute atomic E-state index is 12.5. The molecule has 0 aliphatic rings. The average Bonchev–Trinajstić information content (AvgIpc) is 2.71. The van der Waals surface area contributed by atoms with E-state index in [2.05, 4.69) is 21.2 Å². The van der Waals surface area contributed by atoms with E-state index >= 15 is 0 Å². The number of benzene rings is 3. The van der Waals surface area contributed by atoms with Crippen molar-refractivity contribution in [2.75, 3.05) is 5.32 Å². The van der Waals surface area contributed by atoms with Gasteiger partial charge in [-0.3, -0.25) is 4.79 Å². The molecule has 0 bridgehead atoms. The number of amides is 1. The van der Waals surface area contributed by atoms with Gasteiger partial charge in [-0.1, -0.05) is 53.6 Å². The molecule has 6 heteroatoms. The first kappa shape index (κ1) is 22.6. The molecule has 31 heavy (non-hydrogen) atoms. The van der Waals surface area contributed by atoms with Crippen molar-refractivity contribution in [3.8, 4) is 11.8 Å². The third-order valence-corrected chi connectivity index (χ3v) is 5.31. The molecule has 3 aromatic rings. The molecule has 0 aliphatic carbocycles. The van der Waals surface area contributed by atoms with Gasteiger partial charge >= 0.3 is 0 Å². The molecule has 0 aromatic heterocycles. The first-order valence-corrected chi connectivity index (χ1v) is 10.7. The Morgan fingerprint density at radius 2 is 1.84 bits per heavy atom. The molecule has 1 amide bonds. The largest absolute Gasteiger partial charge is 0.486 e. The Morgan fingerprint density at radius 1 is 1.13 bits per heavy atom. The van der Waals surface area contributed by atoms with Crippen LogP contribution in [-0.2, 0) is 11.4 Å². The van der Waals surface area contributed by atoms with Crippen LogP contribution in [0.3, 0.4) is 0 Å². The molecule has 0 fully saturated rings. The number of carbonyl (C=O) groups is 1. The molecule has 0 saturated carbocycles. The quantitative estimate of drug-likeness (QED) is 0.301. The molecule has 0 radical (unpaired) electrons. The highest BCUT2D eigenvalue weighted by Crippen LogP contribution is 2.35. The van der Waals surface area contributed by atoms with Gasteiger partial charge in [0.1, 0.15) is 18.2 Å². The van der Waals surface area contributed by atoms with E-state index in [1.54, 1.807) is 18.2 Å². The summed E-state index contributed by atoms with van der Waals surface area (Å²) in [6.07, 6.45) is 1.49. The molecule has 3 aromatic carbocycles. The van der Waals surface area contributed by atoms with Crippen LogP contribution < -0.4 is 10.1 Å². The summed E-state index contributed by atoms with van der Waals surface area (Å²) < 4.78 is 6.52. The highest BCUT2D eigenvalue weighted by atomic mass is 79.9. The molecule has 1 N–H and O–H groups in total. The summed E-state index contributed by atoms with van der Waals surface area (Å²) in [4.78, 5) is 12.5. The number of rotatable bonds is 6. The van der Waals surface area contributed by atoms with Gasteiger partial charge in [0.05, 0.1) is 9.50 Å². The van der Waals surface area contributed by atoms with Gasteiger partial charge in [-0.15, -0.1) is 0 Å². The van der Waals surface area contributed by atoms with Crippen LogP contribution in [-0.4, -0.2) is 5.91 Å². The van der Waals surface area contributed by atoms with Crippen molar-refractivity contribution in [3.05, 3.63) is 98.0 Å². The topological polar surface area (TPSA) is 62.1 Å². The third kappa shape index (κ3) is 6.21. The maximum atomic E-state index is 12.5. The minimum Gasteiger partial charge on any atom is -0.486 e. The monoisotopic (exact) mass is 494 g/mol. The zero-order chi connectivity index (χ0) is 22.4. The lowest BCUT2D eigenvalue weighted by Crippen LogP contribution is -2.13. The van der Waals surface area contributed by atoms with Crippen molar-refractivity contribution in [2.24, 2.45) is 0 Å². The zero-order valence-electron chi connectivity index (χ0n) is 17.1. The van der Waals surface area contributed by atoms with E-state index in [1.807, 2.05) is 62.4 Å². The van der Waals surface area contributed by atoms with Crippen LogP contribution >= 0.6 is 27.5 Å². The van der Waals surface area contributed by atoms with Crippen molar-refractivity contribution in [3.63, 3.8) is 0 Å². The average molecular weight is 496 g/mol. The zero-order valence-corrected chi connectivity index (χ0v) is 19.4. The number of carbonyl (C=O) groups excluding carboxylic acids is 1. The maximum Gasteiger partial charge on any atom is 0.266 e. The van der Waals surface area contributed by atoms with Crippen LogP contribution in [0.1, 0.15) is 22.3 Å². The van der Waals surface area contributed by atoms with E-state index in [9.17, 15) is 10.1 Å². The summed E-state index contributed by atoms with van der Waals surface area (Å²) in [6, 6.07) is 20.8. The van der Waals surface area contributed by atoms with Crippen LogP contribution in [0.5, 0.6) is 5.75 Å². The molecule has 4 nitrogen and oxygen atoms in total. The van der Waals surface area contributed by atoms with Gasteiger partial charge in [-0.2, -0.15) is 5.26 Å². The fourth-order valence-electron chi connectivity index (χ4n) is 2.99. The normalized spacial score (nSPS) is 11.0. The van der Waals surface area contributed by atoms with E-state index in [0.717, 1.165) is 16.7 Å². The molecular formula is C25H20BrClN2O2. The lowest BCUT2D eigenvalue weighted by atomic mass is 10.1. The Morgan fingerprint density at radius 3 is 2.48 bits per heavy atom. The number of nitriles is 1. The summed E-state index contributed by atoms with van der Waals surface area (Å²) in [7, 11) is 0. The molecule has 0 unspecified atom stereocenters. The number of hydrogen-bond acceptors (Lipinski definition) is 3. The number of nitrogens with one attached hydrogen (secondary N) is 1. The van der Waals surface area contributed by atoms with Gasteiger partial charge in [0.15, 0.2) is 5.75 Å². The van der Waals surface area contributed by atoms with Crippen molar-refractivity contribution < 1.29 is 9.53 Å². The highest BCUT2D eigenvalue weighted by molar-refractivity contribution is 9.10. The summed E-state index contributed by atoms with van der Waals surface area (Å²) >= 11 is 9.89. The highest BCUT2D eigenvalue weighted by Gasteiger charge is 2.13. The Bertz CT molecular complexity index is 1180. The van der Waals surface area contributed by atoms with E-state index in [1.165, 1.54) is 6.08 Å². The van der Waals surface area contributed by atoms with Crippen molar-refractivity contribution in [2.45, 2.75) is 20.5 Å². The second kappa shape index (κ2) is 10.3. The standard InChI is InChI=1S/C25H20BrClN2O2/c1-16-5-3-7-18(9-16)15-31-24-22(26)12-19(13-23(24)27)11-20(14-28)25(30)29-21-8-4-6-17(2)10-21/h3-13H,15H2,1-2H3,(H,29,30)/b20-11-. The third-order valence-electron chi connectivity index (χ3n) is 4.44. The van der Waals surface area contributed by atoms with Crippen LogP contribution in [0, 0.1) is 25.2 Å². The smallest absolute Gasteiger partial charge is 0.266 e. The number of ether oxygens (including phenoxy) is 1. The SMILES string of the molecule is Cc1cccc(COc2c(Cl)cc(/C=C(/C#N)C(=O)Nc3cccc(C)c3)cc2Br)c1.